The second kappa shape index (κ2) is 7.79. The molecule has 0 rings (SSSR count). The van der Waals surface area contributed by atoms with Crippen molar-refractivity contribution in [2.24, 2.45) is 0 Å². The number of rotatable bonds is 8. The lowest BCUT2D eigenvalue weighted by atomic mass is 10.0. The van der Waals surface area contributed by atoms with E-state index in [9.17, 15) is 9.90 Å². The summed E-state index contributed by atoms with van der Waals surface area (Å²) in [5.41, 5.74) is 0. The first kappa shape index (κ1) is 14.6. The summed E-state index contributed by atoms with van der Waals surface area (Å²) < 4.78 is 0. The molecule has 0 aromatic carbocycles. The Kier molecular flexibility index (Phi) is 7.56. The zero-order chi connectivity index (χ0) is 11.8. The predicted molar refractivity (Wildman–Crippen MR) is 57.5 cm³/mol. The zero-order valence-corrected chi connectivity index (χ0v) is 9.52. The van der Waals surface area contributed by atoms with Gasteiger partial charge in [-0.2, -0.15) is 0 Å². The molecular weight excluding hydrogens is 196 g/mol. The minimum atomic E-state index is -0.746. The third-order valence-electron chi connectivity index (χ3n) is 2.15. The highest BCUT2D eigenvalue weighted by Gasteiger charge is 2.13. The largest absolute Gasteiger partial charge is 0.393 e. The van der Waals surface area contributed by atoms with Crippen LogP contribution in [0.25, 0.3) is 0 Å². The summed E-state index contributed by atoms with van der Waals surface area (Å²) in [5.74, 6) is -0.0104. The monoisotopic (exact) mass is 218 g/mol. The number of carbonyl (C=O) groups excluding carboxylic acids is 1. The molecule has 3 N–H and O–H groups in total. The number of aliphatic hydroxyl groups is 3. The van der Waals surface area contributed by atoms with Crippen LogP contribution in [-0.2, 0) is 4.79 Å². The van der Waals surface area contributed by atoms with E-state index in [0.717, 1.165) is 0 Å². The number of ketones is 1. The molecule has 0 unspecified atom stereocenters. The standard InChI is InChI=1S/C11H22O4/c1-8(12)4-3-5-10(14)7-11(15)6-9(2)13/h8-9,11-13,15H,3-7H2,1-2H3/t8-,9+,11+/m1/s1. The molecule has 3 atom stereocenters. The van der Waals surface area contributed by atoms with Gasteiger partial charge in [-0.1, -0.05) is 0 Å². The molecule has 0 aliphatic carbocycles. The van der Waals surface area contributed by atoms with Crippen molar-refractivity contribution < 1.29 is 20.1 Å². The highest BCUT2D eigenvalue weighted by atomic mass is 16.3. The second-order valence-corrected chi connectivity index (χ2v) is 4.22. The van der Waals surface area contributed by atoms with Gasteiger partial charge in [-0.15, -0.1) is 0 Å². The lowest BCUT2D eigenvalue weighted by Gasteiger charge is -2.11. The maximum absolute atomic E-state index is 11.3. The number of hydrogen-bond donors (Lipinski definition) is 3. The van der Waals surface area contributed by atoms with E-state index >= 15 is 0 Å². The molecular formula is C11H22O4. The average Bonchev–Trinajstić information content (AvgIpc) is 2.00. The third kappa shape index (κ3) is 9.85. The van der Waals surface area contributed by atoms with Crippen LogP contribution in [0.3, 0.4) is 0 Å². The molecule has 0 saturated carbocycles. The van der Waals surface area contributed by atoms with Crippen molar-refractivity contribution >= 4 is 5.78 Å². The van der Waals surface area contributed by atoms with Gasteiger partial charge in [0.15, 0.2) is 0 Å². The minimum Gasteiger partial charge on any atom is -0.393 e. The van der Waals surface area contributed by atoms with Gasteiger partial charge in [0.1, 0.15) is 5.78 Å². The van der Waals surface area contributed by atoms with E-state index in [4.69, 9.17) is 10.2 Å². The van der Waals surface area contributed by atoms with Crippen LogP contribution < -0.4 is 0 Å². The molecule has 0 aromatic heterocycles. The van der Waals surface area contributed by atoms with Crippen LogP contribution >= 0.6 is 0 Å². The maximum Gasteiger partial charge on any atom is 0.135 e. The van der Waals surface area contributed by atoms with E-state index in [2.05, 4.69) is 0 Å². The molecule has 0 aliphatic rings. The molecule has 0 amide bonds. The summed E-state index contributed by atoms with van der Waals surface area (Å²) in [6, 6.07) is 0. The fraction of sp³-hybridized carbons (Fsp3) is 0.909. The first-order valence-electron chi connectivity index (χ1n) is 5.47. The molecule has 0 aliphatic heterocycles. The molecule has 0 heterocycles. The highest BCUT2D eigenvalue weighted by molar-refractivity contribution is 5.78. The van der Waals surface area contributed by atoms with Gasteiger partial charge in [-0.3, -0.25) is 4.79 Å². The van der Waals surface area contributed by atoms with Gasteiger partial charge in [0.05, 0.1) is 18.3 Å². The first-order chi connectivity index (χ1) is 6.91. The lowest BCUT2D eigenvalue weighted by Crippen LogP contribution is -2.18. The molecule has 4 heteroatoms. The number of Topliss-reactive ketones (excluding diaryl/α,β-unsaturated/α-hetero) is 1. The van der Waals surface area contributed by atoms with Crippen LogP contribution in [0.15, 0.2) is 0 Å². The van der Waals surface area contributed by atoms with Gasteiger partial charge in [0.25, 0.3) is 0 Å². The highest BCUT2D eigenvalue weighted by Crippen LogP contribution is 2.07. The van der Waals surface area contributed by atoms with Crippen molar-refractivity contribution in [2.75, 3.05) is 0 Å². The van der Waals surface area contributed by atoms with Crippen LogP contribution in [0.2, 0.25) is 0 Å². The molecule has 0 bridgehead atoms. The van der Waals surface area contributed by atoms with E-state index in [-0.39, 0.29) is 24.7 Å². The Hall–Kier alpha value is -0.450. The Morgan fingerprint density at radius 2 is 1.73 bits per heavy atom. The van der Waals surface area contributed by atoms with Crippen molar-refractivity contribution in [1.82, 2.24) is 0 Å². The van der Waals surface area contributed by atoms with Crippen molar-refractivity contribution in [3.05, 3.63) is 0 Å². The third-order valence-corrected chi connectivity index (χ3v) is 2.15. The fourth-order valence-electron chi connectivity index (χ4n) is 1.44. The molecule has 0 aromatic rings. The molecule has 0 spiro atoms. The van der Waals surface area contributed by atoms with Crippen LogP contribution in [0, 0.1) is 0 Å². The Morgan fingerprint density at radius 1 is 1.13 bits per heavy atom. The maximum atomic E-state index is 11.3. The van der Waals surface area contributed by atoms with Gasteiger partial charge in [-0.25, -0.2) is 0 Å². The van der Waals surface area contributed by atoms with Crippen LogP contribution in [0.4, 0.5) is 0 Å². The van der Waals surface area contributed by atoms with E-state index < -0.39 is 12.2 Å². The number of aliphatic hydroxyl groups excluding tert-OH is 3. The van der Waals surface area contributed by atoms with Gasteiger partial charge in [-0.05, 0) is 33.1 Å². The van der Waals surface area contributed by atoms with Crippen LogP contribution in [0.5, 0.6) is 0 Å². The smallest absolute Gasteiger partial charge is 0.135 e. The van der Waals surface area contributed by atoms with Gasteiger partial charge < -0.3 is 15.3 Å². The number of hydrogen-bond acceptors (Lipinski definition) is 4. The Bertz CT molecular complexity index is 177. The fourth-order valence-corrected chi connectivity index (χ4v) is 1.44. The van der Waals surface area contributed by atoms with Crippen molar-refractivity contribution in [1.29, 1.82) is 0 Å². The Morgan fingerprint density at radius 3 is 2.20 bits per heavy atom. The molecule has 90 valence electrons. The first-order valence-corrected chi connectivity index (χ1v) is 5.47. The summed E-state index contributed by atoms with van der Waals surface area (Å²) in [5, 5.41) is 27.3. The second-order valence-electron chi connectivity index (χ2n) is 4.22. The quantitative estimate of drug-likeness (QED) is 0.558. The van der Waals surface area contributed by atoms with Crippen LogP contribution in [0.1, 0.15) is 46.0 Å². The molecule has 0 saturated heterocycles. The molecule has 0 radical (unpaired) electrons. The average molecular weight is 218 g/mol. The van der Waals surface area contributed by atoms with Crippen molar-refractivity contribution in [2.45, 2.75) is 64.3 Å². The van der Waals surface area contributed by atoms with E-state index in [1.165, 1.54) is 0 Å². The van der Waals surface area contributed by atoms with E-state index in [1.807, 2.05) is 0 Å². The molecule has 15 heavy (non-hydrogen) atoms. The van der Waals surface area contributed by atoms with E-state index in [1.54, 1.807) is 13.8 Å². The van der Waals surface area contributed by atoms with E-state index in [0.29, 0.717) is 19.3 Å². The predicted octanol–water partition coefficient (Wildman–Crippen LogP) is 0.628. The van der Waals surface area contributed by atoms with Crippen LogP contribution in [-0.4, -0.2) is 39.4 Å². The Labute approximate surface area is 90.9 Å². The Balaban J connectivity index is 3.55. The minimum absolute atomic E-state index is 0.0104. The van der Waals surface area contributed by atoms with Crippen molar-refractivity contribution in [3.63, 3.8) is 0 Å². The summed E-state index contributed by atoms with van der Waals surface area (Å²) in [6.07, 6.45) is 0.291. The SMILES string of the molecule is C[C@H](O)C[C@H](O)CC(=O)CCC[C@@H](C)O. The zero-order valence-electron chi connectivity index (χ0n) is 9.52. The van der Waals surface area contributed by atoms with Gasteiger partial charge in [0, 0.05) is 12.8 Å². The summed E-state index contributed by atoms with van der Waals surface area (Å²) in [7, 11) is 0. The normalized spacial score (nSPS) is 17.1. The molecule has 4 nitrogen and oxygen atoms in total. The molecule has 0 fully saturated rings. The van der Waals surface area contributed by atoms with Gasteiger partial charge >= 0.3 is 0 Å². The lowest BCUT2D eigenvalue weighted by molar-refractivity contribution is -0.121. The summed E-state index contributed by atoms with van der Waals surface area (Å²) in [6.45, 7) is 3.27. The topological polar surface area (TPSA) is 77.8 Å². The number of carbonyl (C=O) groups is 1. The van der Waals surface area contributed by atoms with Crippen molar-refractivity contribution in [3.8, 4) is 0 Å². The van der Waals surface area contributed by atoms with Gasteiger partial charge in [0.2, 0.25) is 0 Å². The summed E-state index contributed by atoms with van der Waals surface area (Å²) in [4.78, 5) is 11.3. The summed E-state index contributed by atoms with van der Waals surface area (Å²) >= 11 is 0.